The van der Waals surface area contributed by atoms with Crippen LogP contribution in [0, 0.1) is 5.92 Å². The molecule has 2 aromatic rings. The Labute approximate surface area is 188 Å². The number of nitrogens with zero attached hydrogens (tertiary/aromatic N) is 1. The van der Waals surface area contributed by atoms with E-state index in [4.69, 9.17) is 4.74 Å². The fourth-order valence-electron chi connectivity index (χ4n) is 4.34. The van der Waals surface area contributed by atoms with Crippen molar-refractivity contribution >= 4 is 15.9 Å². The van der Waals surface area contributed by atoms with E-state index >= 15 is 0 Å². The number of carbonyl (C=O) groups excluding carboxylic acids is 1. The lowest BCUT2D eigenvalue weighted by Crippen LogP contribution is -2.46. The van der Waals surface area contributed by atoms with Gasteiger partial charge < -0.3 is 10.1 Å². The standard InChI is InChI=1S/C22H29N5O4S/c1-14-20(15-9-11-23-12-10-15)25-26-21(14)24-22(28)16-7-8-18(31-2)19(13-16)32(29,30)27-17-5-3-4-6-17/h7-14,17,20-21,25-27H,3-6H2,1-2H3,(H,24,28). The molecule has 2 fully saturated rings. The zero-order valence-corrected chi connectivity index (χ0v) is 19.0. The molecule has 172 valence electrons. The summed E-state index contributed by atoms with van der Waals surface area (Å²) in [5.74, 6) is -0.114. The first-order valence-electron chi connectivity index (χ1n) is 10.8. The van der Waals surface area contributed by atoms with Crippen LogP contribution in [0.4, 0.5) is 0 Å². The zero-order chi connectivity index (χ0) is 22.7. The van der Waals surface area contributed by atoms with Gasteiger partial charge in [0, 0.05) is 29.9 Å². The summed E-state index contributed by atoms with van der Waals surface area (Å²) in [6.07, 6.45) is 6.78. The topological polar surface area (TPSA) is 121 Å². The van der Waals surface area contributed by atoms with E-state index in [-0.39, 0.29) is 46.3 Å². The number of hydrazine groups is 1. The van der Waals surface area contributed by atoms with Gasteiger partial charge in [-0.3, -0.25) is 9.78 Å². The number of methoxy groups -OCH3 is 1. The monoisotopic (exact) mass is 459 g/mol. The number of hydrogen-bond donors (Lipinski definition) is 4. The highest BCUT2D eigenvalue weighted by Gasteiger charge is 2.34. The van der Waals surface area contributed by atoms with Gasteiger partial charge >= 0.3 is 0 Å². The fourth-order valence-corrected chi connectivity index (χ4v) is 5.84. The van der Waals surface area contributed by atoms with Crippen LogP contribution in [0.15, 0.2) is 47.6 Å². The third-order valence-electron chi connectivity index (χ3n) is 6.19. The molecule has 1 saturated carbocycles. The van der Waals surface area contributed by atoms with Crippen molar-refractivity contribution in [2.24, 2.45) is 5.92 Å². The Morgan fingerprint density at radius 2 is 1.84 bits per heavy atom. The molecule has 3 unspecified atom stereocenters. The number of pyridine rings is 1. The van der Waals surface area contributed by atoms with Gasteiger partial charge in [-0.15, -0.1) is 0 Å². The highest BCUT2D eigenvalue weighted by molar-refractivity contribution is 7.89. The summed E-state index contributed by atoms with van der Waals surface area (Å²) in [5.41, 5.74) is 7.63. The second-order valence-corrected chi connectivity index (χ2v) is 10.0. The molecule has 1 aliphatic heterocycles. The maximum Gasteiger partial charge on any atom is 0.252 e. The summed E-state index contributed by atoms with van der Waals surface area (Å²) in [7, 11) is -2.40. The van der Waals surface area contributed by atoms with Crippen LogP contribution < -0.4 is 25.6 Å². The van der Waals surface area contributed by atoms with E-state index < -0.39 is 10.0 Å². The Morgan fingerprint density at radius 3 is 2.53 bits per heavy atom. The number of hydrogen-bond acceptors (Lipinski definition) is 7. The van der Waals surface area contributed by atoms with Crippen molar-refractivity contribution in [2.75, 3.05) is 7.11 Å². The number of rotatable bonds is 7. The minimum Gasteiger partial charge on any atom is -0.495 e. The third-order valence-corrected chi connectivity index (χ3v) is 7.73. The van der Waals surface area contributed by atoms with Gasteiger partial charge in [0.1, 0.15) is 10.6 Å². The Morgan fingerprint density at radius 1 is 1.12 bits per heavy atom. The number of sulfonamides is 1. The van der Waals surface area contributed by atoms with E-state index in [1.54, 1.807) is 18.5 Å². The SMILES string of the molecule is COc1ccc(C(=O)NC2NNC(c3ccncc3)C2C)cc1S(=O)(=O)NC1CCCC1. The second-order valence-electron chi connectivity index (χ2n) is 8.33. The van der Waals surface area contributed by atoms with Gasteiger partial charge in [-0.2, -0.15) is 0 Å². The van der Waals surface area contributed by atoms with E-state index in [0.29, 0.717) is 0 Å². The molecule has 1 saturated heterocycles. The van der Waals surface area contributed by atoms with E-state index in [0.717, 1.165) is 31.2 Å². The molecule has 1 aromatic heterocycles. The Hall–Kier alpha value is -2.53. The first-order valence-corrected chi connectivity index (χ1v) is 12.3. The Balaban J connectivity index is 1.50. The number of aromatic nitrogens is 1. The third kappa shape index (κ3) is 4.78. The number of nitrogens with one attached hydrogen (secondary N) is 4. The number of ether oxygens (including phenoxy) is 1. The molecule has 2 heterocycles. The van der Waals surface area contributed by atoms with Crippen molar-refractivity contribution in [3.05, 3.63) is 53.9 Å². The first-order chi connectivity index (χ1) is 15.4. The minimum atomic E-state index is -3.81. The van der Waals surface area contributed by atoms with Gasteiger partial charge in [0.15, 0.2) is 0 Å². The molecule has 10 heteroatoms. The number of benzene rings is 1. The van der Waals surface area contributed by atoms with Crippen LogP contribution >= 0.6 is 0 Å². The van der Waals surface area contributed by atoms with Gasteiger partial charge in [-0.05, 0) is 48.7 Å². The Kier molecular flexibility index (Phi) is 6.75. The molecule has 4 rings (SSSR count). The highest BCUT2D eigenvalue weighted by atomic mass is 32.2. The van der Waals surface area contributed by atoms with Gasteiger partial charge in [0.25, 0.3) is 5.91 Å². The molecule has 0 bridgehead atoms. The predicted molar refractivity (Wildman–Crippen MR) is 119 cm³/mol. The fraction of sp³-hybridized carbons (Fsp3) is 0.455. The molecule has 2 aliphatic rings. The summed E-state index contributed by atoms with van der Waals surface area (Å²) in [6, 6.07) is 8.24. The number of amides is 1. The molecule has 0 spiro atoms. The van der Waals surface area contributed by atoms with Crippen LogP contribution in [-0.4, -0.2) is 38.6 Å². The average Bonchev–Trinajstić information content (AvgIpc) is 3.43. The maximum absolute atomic E-state index is 13.0. The van der Waals surface area contributed by atoms with Gasteiger partial charge in [-0.1, -0.05) is 19.8 Å². The molecule has 3 atom stereocenters. The summed E-state index contributed by atoms with van der Waals surface area (Å²) < 4.78 is 34.0. The molecule has 0 radical (unpaired) electrons. The van der Waals surface area contributed by atoms with Crippen molar-refractivity contribution in [1.82, 2.24) is 25.9 Å². The maximum atomic E-state index is 13.0. The van der Waals surface area contributed by atoms with Crippen LogP contribution in [0.1, 0.15) is 54.6 Å². The summed E-state index contributed by atoms with van der Waals surface area (Å²) in [6.45, 7) is 2.03. The molecule has 32 heavy (non-hydrogen) atoms. The predicted octanol–water partition coefficient (Wildman–Crippen LogP) is 1.85. The van der Waals surface area contributed by atoms with Crippen LogP contribution in [0.2, 0.25) is 0 Å². The molecule has 4 N–H and O–H groups in total. The lowest BCUT2D eigenvalue weighted by Gasteiger charge is -2.20. The average molecular weight is 460 g/mol. The smallest absolute Gasteiger partial charge is 0.252 e. The normalized spacial score (nSPS) is 23.9. The van der Waals surface area contributed by atoms with Crippen LogP contribution in [0.25, 0.3) is 0 Å². The molecule has 1 amide bonds. The van der Waals surface area contributed by atoms with E-state index in [2.05, 4.69) is 25.9 Å². The van der Waals surface area contributed by atoms with Gasteiger partial charge in [0.05, 0.1) is 19.3 Å². The second kappa shape index (κ2) is 9.53. The Bertz CT molecular complexity index is 1060. The minimum absolute atomic E-state index is 0.00529. The van der Waals surface area contributed by atoms with Crippen LogP contribution in [0.5, 0.6) is 5.75 Å². The number of carbonyl (C=O) groups is 1. The van der Waals surface area contributed by atoms with E-state index in [1.165, 1.54) is 19.2 Å². The molecule has 1 aromatic carbocycles. The van der Waals surface area contributed by atoms with Crippen LogP contribution in [0.3, 0.4) is 0 Å². The van der Waals surface area contributed by atoms with Crippen molar-refractivity contribution in [3.63, 3.8) is 0 Å². The molecule has 9 nitrogen and oxygen atoms in total. The largest absolute Gasteiger partial charge is 0.495 e. The van der Waals surface area contributed by atoms with Crippen molar-refractivity contribution in [3.8, 4) is 5.75 Å². The molecular formula is C22H29N5O4S. The van der Waals surface area contributed by atoms with Crippen LogP contribution in [-0.2, 0) is 10.0 Å². The van der Waals surface area contributed by atoms with E-state index in [9.17, 15) is 13.2 Å². The summed E-state index contributed by atoms with van der Waals surface area (Å²) >= 11 is 0. The highest BCUT2D eigenvalue weighted by Crippen LogP contribution is 2.29. The van der Waals surface area contributed by atoms with Crippen molar-refractivity contribution in [1.29, 1.82) is 0 Å². The molecular weight excluding hydrogens is 430 g/mol. The van der Waals surface area contributed by atoms with Gasteiger partial charge in [-0.25, -0.2) is 24.0 Å². The zero-order valence-electron chi connectivity index (χ0n) is 18.2. The molecule has 1 aliphatic carbocycles. The van der Waals surface area contributed by atoms with E-state index in [1.807, 2.05) is 19.1 Å². The first kappa shape index (κ1) is 22.7. The summed E-state index contributed by atoms with van der Waals surface area (Å²) in [4.78, 5) is 17.0. The lowest BCUT2D eigenvalue weighted by molar-refractivity contribution is 0.0922. The van der Waals surface area contributed by atoms with Crippen molar-refractivity contribution < 1.29 is 17.9 Å². The van der Waals surface area contributed by atoms with Crippen molar-refractivity contribution in [2.45, 2.75) is 55.8 Å². The van der Waals surface area contributed by atoms with Gasteiger partial charge in [0.2, 0.25) is 10.0 Å². The quantitative estimate of drug-likeness (QED) is 0.499. The lowest BCUT2D eigenvalue weighted by atomic mass is 9.95. The summed E-state index contributed by atoms with van der Waals surface area (Å²) in [5, 5.41) is 2.95.